The van der Waals surface area contributed by atoms with E-state index in [9.17, 15) is 0 Å². The lowest BCUT2D eigenvalue weighted by atomic mass is 9.98. The Morgan fingerprint density at radius 1 is 0.149 bits per heavy atom. The van der Waals surface area contributed by atoms with Gasteiger partial charge in [-0.3, -0.25) is 0 Å². The third-order valence-electron chi connectivity index (χ3n) is 20.7. The van der Waals surface area contributed by atoms with Gasteiger partial charge in [0, 0.05) is 82.9 Å². The average Bonchev–Trinajstić information content (AvgIpc) is 1.55. The second-order valence-corrected chi connectivity index (χ2v) is 26.4. The minimum Gasteiger partial charge on any atom is -0.311 e. The van der Waals surface area contributed by atoms with Gasteiger partial charge in [0.15, 0.2) is 0 Å². The molecule has 20 aromatic rings. The summed E-state index contributed by atoms with van der Waals surface area (Å²) < 4.78 is 9.94. The standard InChI is InChI=1S/C96H63N5/c1-6-21-64(22-7-1)66-37-47-77(48-38-66)97(78-49-39-67(40-50-78)65-23-8-2-9-24-65)79-51-41-68(42-52-79)70-25-20-26-71(61-70)69-43-53-80(54-44-69)101-90-36-19-17-34-82(90)84-56-58-86-88-63-73(46-60-92(88)100(96(86)94(84)101)76-31-14-5-15-32-76)72-45-59-91-87(62-72)85-57-55-83-81-33-16-18-35-89(81)98(74-27-10-3-11-28-74)93(83)95(85)99(91)75-29-12-4-13-30-75/h1-63H. The lowest BCUT2D eigenvalue weighted by molar-refractivity contribution is 1.15. The molecule has 0 unspecified atom stereocenters. The van der Waals surface area contributed by atoms with Crippen LogP contribution in [0.2, 0.25) is 0 Å². The smallest absolute Gasteiger partial charge is 0.0788 e. The first-order valence-corrected chi connectivity index (χ1v) is 34.7. The van der Waals surface area contributed by atoms with Crippen LogP contribution in [0.25, 0.3) is 166 Å². The van der Waals surface area contributed by atoms with E-state index in [1.807, 2.05) is 0 Å². The third kappa shape index (κ3) is 9.54. The van der Waals surface area contributed by atoms with E-state index < -0.39 is 0 Å². The summed E-state index contributed by atoms with van der Waals surface area (Å²) in [7, 11) is 0. The van der Waals surface area contributed by atoms with Crippen LogP contribution >= 0.6 is 0 Å². The van der Waals surface area contributed by atoms with E-state index in [2.05, 4.69) is 405 Å². The molecule has 0 aliphatic carbocycles. The van der Waals surface area contributed by atoms with E-state index in [0.29, 0.717) is 0 Å². The highest BCUT2D eigenvalue weighted by molar-refractivity contribution is 6.26. The van der Waals surface area contributed by atoms with Crippen molar-refractivity contribution in [3.8, 4) is 78.4 Å². The number of hydrogen-bond acceptors (Lipinski definition) is 1. The van der Waals surface area contributed by atoms with Crippen LogP contribution in [-0.4, -0.2) is 18.3 Å². The lowest BCUT2D eigenvalue weighted by Gasteiger charge is -2.26. The fourth-order valence-corrected chi connectivity index (χ4v) is 16.1. The molecule has 0 N–H and O–H groups in total. The molecule has 0 radical (unpaired) electrons. The maximum absolute atomic E-state index is 2.50. The molecule has 5 heteroatoms. The molecule has 0 aliphatic rings. The SMILES string of the molecule is c1ccc(-c2ccc(N(c3ccc(-c4ccccc4)cc3)c3ccc(-c4cccc(-c5ccc(-n6c7ccccc7c7ccc8c9cc(-c%10ccc%11c(c%10)c%10ccc%12c%13ccccc%13n(-c%13ccccc%13)c%12c%10n%11-c%10ccccc%10)ccc9n(-c9ccccc9)c8c76)cc5)c4)cc3)cc2)cc1. The van der Waals surface area contributed by atoms with Crippen molar-refractivity contribution >= 4 is 104 Å². The molecule has 472 valence electrons. The topological polar surface area (TPSA) is 23.0 Å². The predicted octanol–water partition coefficient (Wildman–Crippen LogP) is 25.9. The summed E-state index contributed by atoms with van der Waals surface area (Å²) in [5, 5.41) is 9.72. The zero-order valence-electron chi connectivity index (χ0n) is 55.1. The van der Waals surface area contributed by atoms with Gasteiger partial charge in [0.25, 0.3) is 0 Å². The van der Waals surface area contributed by atoms with Gasteiger partial charge in [0.2, 0.25) is 0 Å². The van der Waals surface area contributed by atoms with Crippen LogP contribution in [0.5, 0.6) is 0 Å². The molecule has 0 atom stereocenters. The van der Waals surface area contributed by atoms with Gasteiger partial charge < -0.3 is 23.2 Å². The minimum absolute atomic E-state index is 1.08. The molecule has 0 aliphatic heterocycles. The summed E-state index contributed by atoms with van der Waals surface area (Å²) in [4.78, 5) is 2.35. The first-order valence-electron chi connectivity index (χ1n) is 34.7. The number of hydrogen-bond donors (Lipinski definition) is 0. The molecule has 0 amide bonds. The molecule has 0 spiro atoms. The number of fused-ring (bicyclic) bond motifs is 14. The molecule has 16 aromatic carbocycles. The van der Waals surface area contributed by atoms with E-state index >= 15 is 0 Å². The second-order valence-electron chi connectivity index (χ2n) is 26.4. The Kier molecular flexibility index (Phi) is 13.5. The van der Waals surface area contributed by atoms with Crippen molar-refractivity contribution < 1.29 is 0 Å². The summed E-state index contributed by atoms with van der Waals surface area (Å²) >= 11 is 0. The van der Waals surface area contributed by atoms with Crippen molar-refractivity contribution in [3.63, 3.8) is 0 Å². The van der Waals surface area contributed by atoms with E-state index in [0.717, 1.165) is 78.7 Å². The molecule has 0 saturated heterocycles. The maximum Gasteiger partial charge on any atom is 0.0788 e. The molecule has 0 bridgehead atoms. The number of benzene rings is 16. The van der Waals surface area contributed by atoms with Gasteiger partial charge in [0.05, 0.1) is 44.1 Å². The van der Waals surface area contributed by atoms with Crippen molar-refractivity contribution in [2.24, 2.45) is 0 Å². The second kappa shape index (κ2) is 23.7. The van der Waals surface area contributed by atoms with Gasteiger partial charge in [-0.2, -0.15) is 0 Å². The Morgan fingerprint density at radius 3 is 0.762 bits per heavy atom. The molecule has 0 saturated carbocycles. The number of rotatable bonds is 12. The molecular formula is C96H63N5. The highest BCUT2D eigenvalue weighted by Crippen LogP contribution is 2.47. The Bertz CT molecular complexity index is 6460. The highest BCUT2D eigenvalue weighted by Gasteiger charge is 2.25. The van der Waals surface area contributed by atoms with E-state index in [-0.39, 0.29) is 0 Å². The quantitative estimate of drug-likeness (QED) is 0.120. The molecule has 4 aromatic heterocycles. The Labute approximate surface area is 584 Å². The Morgan fingerprint density at radius 2 is 0.396 bits per heavy atom. The number of para-hydroxylation sites is 5. The lowest BCUT2D eigenvalue weighted by Crippen LogP contribution is -2.09. The van der Waals surface area contributed by atoms with Crippen LogP contribution in [0.1, 0.15) is 0 Å². The van der Waals surface area contributed by atoms with Crippen LogP contribution in [0, 0.1) is 0 Å². The van der Waals surface area contributed by atoms with Crippen LogP contribution in [0.3, 0.4) is 0 Å². The predicted molar refractivity (Wildman–Crippen MR) is 426 cm³/mol. The van der Waals surface area contributed by atoms with Crippen LogP contribution in [-0.2, 0) is 0 Å². The van der Waals surface area contributed by atoms with Crippen molar-refractivity contribution in [2.75, 3.05) is 4.90 Å². The van der Waals surface area contributed by atoms with Gasteiger partial charge in [-0.05, 0) is 183 Å². The normalized spacial score (nSPS) is 11.8. The van der Waals surface area contributed by atoms with Crippen molar-refractivity contribution in [1.82, 2.24) is 18.3 Å². The van der Waals surface area contributed by atoms with Gasteiger partial charge >= 0.3 is 0 Å². The first kappa shape index (κ1) is 57.7. The van der Waals surface area contributed by atoms with Gasteiger partial charge in [0.1, 0.15) is 0 Å². The van der Waals surface area contributed by atoms with E-state index in [4.69, 9.17) is 0 Å². The van der Waals surface area contributed by atoms with E-state index in [1.165, 1.54) is 104 Å². The molecule has 101 heavy (non-hydrogen) atoms. The van der Waals surface area contributed by atoms with Crippen molar-refractivity contribution in [1.29, 1.82) is 0 Å². The monoisotopic (exact) mass is 1290 g/mol. The maximum atomic E-state index is 2.50. The van der Waals surface area contributed by atoms with Crippen molar-refractivity contribution in [3.05, 3.63) is 382 Å². The van der Waals surface area contributed by atoms with Crippen molar-refractivity contribution in [2.45, 2.75) is 0 Å². The largest absolute Gasteiger partial charge is 0.311 e. The first-order chi connectivity index (χ1) is 50.1. The van der Waals surface area contributed by atoms with Gasteiger partial charge in [-0.15, -0.1) is 0 Å². The summed E-state index contributed by atoms with van der Waals surface area (Å²) in [6.45, 7) is 0. The van der Waals surface area contributed by atoms with Gasteiger partial charge in [-0.1, -0.05) is 255 Å². The summed E-state index contributed by atoms with van der Waals surface area (Å²) in [6.07, 6.45) is 0. The fraction of sp³-hybridized carbons (Fsp3) is 0. The average molecular weight is 1290 g/mol. The fourth-order valence-electron chi connectivity index (χ4n) is 16.1. The van der Waals surface area contributed by atoms with Gasteiger partial charge in [-0.25, -0.2) is 0 Å². The molecular weight excluding hydrogens is 1220 g/mol. The summed E-state index contributed by atoms with van der Waals surface area (Å²) in [6, 6.07) is 140. The highest BCUT2D eigenvalue weighted by atomic mass is 15.1. The summed E-state index contributed by atoms with van der Waals surface area (Å²) in [5.41, 5.74) is 28.9. The molecule has 5 nitrogen and oxygen atoms in total. The summed E-state index contributed by atoms with van der Waals surface area (Å²) in [5.74, 6) is 0. The van der Waals surface area contributed by atoms with Crippen LogP contribution < -0.4 is 4.90 Å². The minimum atomic E-state index is 1.08. The number of aromatic nitrogens is 4. The van der Waals surface area contributed by atoms with E-state index in [1.54, 1.807) is 0 Å². The zero-order valence-corrected chi connectivity index (χ0v) is 55.1. The Hall–Kier alpha value is -13.5. The number of nitrogens with zero attached hydrogens (tertiary/aromatic N) is 5. The third-order valence-corrected chi connectivity index (χ3v) is 20.7. The zero-order chi connectivity index (χ0) is 66.5. The number of anilines is 3. The molecule has 20 rings (SSSR count). The van der Waals surface area contributed by atoms with Crippen LogP contribution in [0.4, 0.5) is 17.1 Å². The molecule has 0 fully saturated rings. The molecule has 4 heterocycles. The van der Waals surface area contributed by atoms with Crippen LogP contribution in [0.15, 0.2) is 382 Å². The Balaban J connectivity index is 0.681.